The normalized spacial score (nSPS) is 19.8. The molecular weight excluding hydrogens is 294 g/mol. The third-order valence-electron chi connectivity index (χ3n) is 3.26. The fourth-order valence-corrected chi connectivity index (χ4v) is 3.40. The third kappa shape index (κ3) is 4.58. The van der Waals surface area contributed by atoms with Gasteiger partial charge in [0.05, 0.1) is 10.7 Å². The van der Waals surface area contributed by atoms with E-state index in [0.29, 0.717) is 28.1 Å². The van der Waals surface area contributed by atoms with Gasteiger partial charge in [0.25, 0.3) is 0 Å². The molecule has 6 heteroatoms. The number of anilines is 2. The van der Waals surface area contributed by atoms with Crippen molar-refractivity contribution in [1.29, 1.82) is 0 Å². The monoisotopic (exact) mass is 313 g/mol. The number of halogens is 1. The summed E-state index contributed by atoms with van der Waals surface area (Å²) in [5.74, 6) is 1.16. The maximum atomic E-state index is 11.9. The smallest absolute Gasteiger partial charge is 0.225 e. The molecule has 1 heterocycles. The lowest BCUT2D eigenvalue weighted by atomic mass is 10.2. The average Bonchev–Trinajstić information content (AvgIpc) is 2.41. The quantitative estimate of drug-likeness (QED) is 0.839. The van der Waals surface area contributed by atoms with Gasteiger partial charge in [-0.1, -0.05) is 18.5 Å². The molecule has 0 saturated carbocycles. The van der Waals surface area contributed by atoms with Gasteiger partial charge in [-0.2, -0.15) is 11.8 Å². The van der Waals surface area contributed by atoms with Crippen molar-refractivity contribution in [1.82, 2.24) is 4.90 Å². The lowest BCUT2D eigenvalue weighted by Gasteiger charge is -2.30. The summed E-state index contributed by atoms with van der Waals surface area (Å²) in [7, 11) is 0. The molecule has 3 N–H and O–H groups in total. The van der Waals surface area contributed by atoms with Crippen molar-refractivity contribution < 1.29 is 4.79 Å². The highest BCUT2D eigenvalue weighted by molar-refractivity contribution is 7.99. The second kappa shape index (κ2) is 7.20. The number of nitrogens with one attached hydrogen (secondary N) is 1. The molecular formula is C14H20ClN3OS. The molecule has 1 aromatic rings. The number of amides is 1. The number of nitrogen functional groups attached to an aromatic ring is 1. The first kappa shape index (κ1) is 15.5. The van der Waals surface area contributed by atoms with Crippen molar-refractivity contribution in [2.75, 3.05) is 36.4 Å². The summed E-state index contributed by atoms with van der Waals surface area (Å²) in [6, 6.07) is 5.13. The zero-order chi connectivity index (χ0) is 14.5. The van der Waals surface area contributed by atoms with Gasteiger partial charge in [-0.3, -0.25) is 4.79 Å². The molecule has 110 valence electrons. The minimum absolute atomic E-state index is 0.0117. The lowest BCUT2D eigenvalue weighted by Crippen LogP contribution is -2.38. The topological polar surface area (TPSA) is 58.4 Å². The molecule has 1 aliphatic heterocycles. The van der Waals surface area contributed by atoms with Crippen LogP contribution in [0.25, 0.3) is 0 Å². The van der Waals surface area contributed by atoms with E-state index in [2.05, 4.69) is 17.1 Å². The first-order valence-corrected chi connectivity index (χ1v) is 8.16. The van der Waals surface area contributed by atoms with Crippen LogP contribution in [0.2, 0.25) is 5.02 Å². The minimum atomic E-state index is 0.0117. The number of nitrogens with two attached hydrogens (primary N) is 1. The van der Waals surface area contributed by atoms with E-state index in [9.17, 15) is 4.79 Å². The van der Waals surface area contributed by atoms with E-state index < -0.39 is 0 Å². The van der Waals surface area contributed by atoms with E-state index in [-0.39, 0.29) is 5.91 Å². The highest BCUT2D eigenvalue weighted by Crippen LogP contribution is 2.22. The van der Waals surface area contributed by atoms with Gasteiger partial charge in [0.15, 0.2) is 0 Å². The fourth-order valence-electron chi connectivity index (χ4n) is 2.20. The van der Waals surface area contributed by atoms with Crippen LogP contribution in [-0.2, 0) is 4.79 Å². The maximum Gasteiger partial charge on any atom is 0.225 e. The summed E-state index contributed by atoms with van der Waals surface area (Å²) < 4.78 is 0. The van der Waals surface area contributed by atoms with Gasteiger partial charge in [-0.25, -0.2) is 0 Å². The largest absolute Gasteiger partial charge is 0.397 e. The van der Waals surface area contributed by atoms with Gasteiger partial charge >= 0.3 is 0 Å². The summed E-state index contributed by atoms with van der Waals surface area (Å²) in [5, 5.41) is 4.01. The van der Waals surface area contributed by atoms with Crippen molar-refractivity contribution in [3.8, 4) is 0 Å². The summed E-state index contributed by atoms with van der Waals surface area (Å²) in [6.07, 6.45) is 0.500. The predicted molar refractivity (Wildman–Crippen MR) is 87.5 cm³/mol. The van der Waals surface area contributed by atoms with E-state index in [1.807, 2.05) is 11.8 Å². The SMILES string of the molecule is CC1CN(CCC(=O)Nc2ccc(Cl)c(N)c2)CCS1. The Hall–Kier alpha value is -0.910. The van der Waals surface area contributed by atoms with Gasteiger partial charge in [0.2, 0.25) is 5.91 Å². The molecule has 1 aromatic carbocycles. The van der Waals surface area contributed by atoms with Crippen LogP contribution in [0, 0.1) is 0 Å². The summed E-state index contributed by atoms with van der Waals surface area (Å²) in [5.41, 5.74) is 6.88. The summed E-state index contributed by atoms with van der Waals surface area (Å²) in [4.78, 5) is 14.3. The Balaban J connectivity index is 1.78. The van der Waals surface area contributed by atoms with Crippen molar-refractivity contribution in [2.24, 2.45) is 0 Å². The Bertz CT molecular complexity index is 483. The predicted octanol–water partition coefficient (Wildman–Crippen LogP) is 2.69. The number of benzene rings is 1. The van der Waals surface area contributed by atoms with E-state index in [0.717, 1.165) is 25.4 Å². The summed E-state index contributed by atoms with van der Waals surface area (Å²) >= 11 is 7.84. The molecule has 0 bridgehead atoms. The molecule has 20 heavy (non-hydrogen) atoms. The Morgan fingerprint density at radius 3 is 3.10 bits per heavy atom. The first-order valence-electron chi connectivity index (χ1n) is 6.73. The standard InChI is InChI=1S/C14H20ClN3OS/c1-10-9-18(6-7-20-10)5-4-14(19)17-11-2-3-12(15)13(16)8-11/h2-3,8,10H,4-7,9,16H2,1H3,(H,17,19). The average molecular weight is 314 g/mol. The van der Waals surface area contributed by atoms with Crippen LogP contribution in [0.15, 0.2) is 18.2 Å². The van der Waals surface area contributed by atoms with Crippen LogP contribution >= 0.6 is 23.4 Å². The van der Waals surface area contributed by atoms with E-state index >= 15 is 0 Å². The zero-order valence-corrected chi connectivity index (χ0v) is 13.1. The molecule has 1 fully saturated rings. The summed E-state index contributed by atoms with van der Waals surface area (Å²) in [6.45, 7) is 5.16. The second-order valence-corrected chi connectivity index (χ2v) is 6.97. The minimum Gasteiger partial charge on any atom is -0.397 e. The van der Waals surface area contributed by atoms with Gasteiger partial charge < -0.3 is 16.0 Å². The van der Waals surface area contributed by atoms with Crippen molar-refractivity contribution >= 4 is 40.6 Å². The van der Waals surface area contributed by atoms with Crippen LogP contribution in [0.3, 0.4) is 0 Å². The highest BCUT2D eigenvalue weighted by atomic mass is 35.5. The molecule has 0 spiro atoms. The lowest BCUT2D eigenvalue weighted by molar-refractivity contribution is -0.116. The Kier molecular flexibility index (Phi) is 5.57. The van der Waals surface area contributed by atoms with Gasteiger partial charge in [0.1, 0.15) is 0 Å². The number of carbonyl (C=O) groups excluding carboxylic acids is 1. The van der Waals surface area contributed by atoms with Gasteiger partial charge in [-0.15, -0.1) is 0 Å². The molecule has 1 aliphatic rings. The Morgan fingerprint density at radius 2 is 2.40 bits per heavy atom. The molecule has 0 aliphatic carbocycles. The van der Waals surface area contributed by atoms with E-state index in [1.54, 1.807) is 18.2 Å². The molecule has 2 rings (SSSR count). The zero-order valence-electron chi connectivity index (χ0n) is 11.6. The number of hydrogen-bond acceptors (Lipinski definition) is 4. The number of hydrogen-bond donors (Lipinski definition) is 2. The van der Waals surface area contributed by atoms with Crippen LogP contribution in [-0.4, -0.2) is 41.4 Å². The molecule has 0 aromatic heterocycles. The second-order valence-electron chi connectivity index (χ2n) is 5.02. The molecule has 0 radical (unpaired) electrons. The maximum absolute atomic E-state index is 11.9. The Morgan fingerprint density at radius 1 is 1.60 bits per heavy atom. The van der Waals surface area contributed by atoms with Crippen molar-refractivity contribution in [2.45, 2.75) is 18.6 Å². The first-order chi connectivity index (χ1) is 9.54. The molecule has 1 unspecified atom stereocenters. The van der Waals surface area contributed by atoms with Crippen LogP contribution in [0.4, 0.5) is 11.4 Å². The van der Waals surface area contributed by atoms with E-state index in [1.165, 1.54) is 0 Å². The fraction of sp³-hybridized carbons (Fsp3) is 0.500. The number of nitrogens with zero attached hydrogens (tertiary/aromatic N) is 1. The van der Waals surface area contributed by atoms with Crippen LogP contribution < -0.4 is 11.1 Å². The number of rotatable bonds is 4. The number of carbonyl (C=O) groups is 1. The molecule has 1 amide bonds. The van der Waals surface area contributed by atoms with Gasteiger partial charge in [-0.05, 0) is 18.2 Å². The molecule has 1 saturated heterocycles. The van der Waals surface area contributed by atoms with Crippen molar-refractivity contribution in [3.63, 3.8) is 0 Å². The molecule has 4 nitrogen and oxygen atoms in total. The number of thioether (sulfide) groups is 1. The molecule has 1 atom stereocenters. The van der Waals surface area contributed by atoms with E-state index in [4.69, 9.17) is 17.3 Å². The van der Waals surface area contributed by atoms with Crippen LogP contribution in [0.1, 0.15) is 13.3 Å². The highest BCUT2D eigenvalue weighted by Gasteiger charge is 2.17. The van der Waals surface area contributed by atoms with Gasteiger partial charge in [0, 0.05) is 42.7 Å². The third-order valence-corrected chi connectivity index (χ3v) is 4.74. The Labute approximate surface area is 129 Å². The van der Waals surface area contributed by atoms with Crippen LogP contribution in [0.5, 0.6) is 0 Å². The van der Waals surface area contributed by atoms with Crippen molar-refractivity contribution in [3.05, 3.63) is 23.2 Å².